The van der Waals surface area contributed by atoms with E-state index in [9.17, 15) is 4.79 Å². The predicted octanol–water partition coefficient (Wildman–Crippen LogP) is 5.36. The molecule has 0 bridgehead atoms. The van der Waals surface area contributed by atoms with E-state index in [4.69, 9.17) is 4.74 Å². The number of amides is 2. The summed E-state index contributed by atoms with van der Waals surface area (Å²) in [6.07, 6.45) is 9.76. The molecule has 3 rings (SSSR count). The number of piperidine rings is 1. The number of nitrogens with zero attached hydrogens (tertiary/aromatic N) is 2. The minimum absolute atomic E-state index is 0.0626. The summed E-state index contributed by atoms with van der Waals surface area (Å²) >= 11 is 0. The number of ether oxygens (including phenoxy) is 1. The first-order valence-electron chi connectivity index (χ1n) is 10.1. The van der Waals surface area contributed by atoms with E-state index >= 15 is 0 Å². The number of hydrogen-bond acceptors (Lipinski definition) is 3. The zero-order valence-electron chi connectivity index (χ0n) is 16.7. The van der Waals surface area contributed by atoms with Gasteiger partial charge in [0.2, 0.25) is 0 Å². The molecular formula is C23H29N3O2. The van der Waals surface area contributed by atoms with E-state index in [0.717, 1.165) is 55.8 Å². The van der Waals surface area contributed by atoms with Crippen LogP contribution in [0.15, 0.2) is 54.4 Å². The molecule has 2 heterocycles. The molecule has 0 spiro atoms. The van der Waals surface area contributed by atoms with E-state index in [-0.39, 0.29) is 12.1 Å². The van der Waals surface area contributed by atoms with Crippen molar-refractivity contribution in [3.05, 3.63) is 59.9 Å². The highest BCUT2D eigenvalue weighted by atomic mass is 16.5. The van der Waals surface area contributed by atoms with E-state index in [1.807, 2.05) is 29.2 Å². The summed E-state index contributed by atoms with van der Waals surface area (Å²) in [6.45, 7) is 5.73. The molecule has 148 valence electrons. The van der Waals surface area contributed by atoms with Crippen LogP contribution in [0.5, 0.6) is 5.75 Å². The molecule has 5 nitrogen and oxygen atoms in total. The van der Waals surface area contributed by atoms with Gasteiger partial charge in [-0.3, -0.25) is 4.98 Å². The second-order valence-corrected chi connectivity index (χ2v) is 7.25. The molecular weight excluding hydrogens is 350 g/mol. The van der Waals surface area contributed by atoms with Crippen molar-refractivity contribution in [1.82, 2.24) is 9.88 Å². The quantitative estimate of drug-likeness (QED) is 0.735. The first-order chi connectivity index (χ1) is 13.6. The molecule has 1 aliphatic rings. The molecule has 5 heteroatoms. The van der Waals surface area contributed by atoms with E-state index in [2.05, 4.69) is 42.4 Å². The number of anilines is 1. The second-order valence-electron chi connectivity index (χ2n) is 7.25. The summed E-state index contributed by atoms with van der Waals surface area (Å²) in [5.74, 6) is 0.920. The van der Waals surface area contributed by atoms with Crippen molar-refractivity contribution < 1.29 is 9.53 Å². The van der Waals surface area contributed by atoms with Gasteiger partial charge in [0.15, 0.2) is 0 Å². The van der Waals surface area contributed by atoms with Crippen molar-refractivity contribution in [3.8, 4) is 5.75 Å². The Labute approximate surface area is 167 Å². The van der Waals surface area contributed by atoms with Crippen LogP contribution in [0.25, 0.3) is 6.08 Å². The van der Waals surface area contributed by atoms with Crippen LogP contribution >= 0.6 is 0 Å². The smallest absolute Gasteiger partial charge is 0.321 e. The van der Waals surface area contributed by atoms with Gasteiger partial charge < -0.3 is 15.0 Å². The highest BCUT2D eigenvalue weighted by Gasteiger charge is 2.19. The number of likely N-dealkylation sites (tertiary alicyclic amines) is 1. The molecule has 1 aliphatic heterocycles. The standard InChI is InChI=1S/C23H29N3O2/c1-3-6-18(2)28-22-9-4-7-20(16-22)15-19-10-13-26(14-11-19)23(27)25-21-8-5-12-24-17-21/h4-5,7-9,12,15-18H,3,6,10-11,13-14H2,1-2H3,(H,25,27). The summed E-state index contributed by atoms with van der Waals surface area (Å²) in [6, 6.07) is 11.8. The Kier molecular flexibility index (Phi) is 7.06. The number of hydrogen-bond donors (Lipinski definition) is 1. The Morgan fingerprint density at radius 2 is 2.11 bits per heavy atom. The van der Waals surface area contributed by atoms with Crippen LogP contribution in [0.2, 0.25) is 0 Å². The van der Waals surface area contributed by atoms with E-state index in [0.29, 0.717) is 0 Å². The van der Waals surface area contributed by atoms with Crippen molar-refractivity contribution in [2.45, 2.75) is 45.6 Å². The minimum Gasteiger partial charge on any atom is -0.491 e. The van der Waals surface area contributed by atoms with Gasteiger partial charge in [0, 0.05) is 19.3 Å². The van der Waals surface area contributed by atoms with Crippen LogP contribution in [-0.2, 0) is 0 Å². The van der Waals surface area contributed by atoms with Crippen molar-refractivity contribution in [2.75, 3.05) is 18.4 Å². The Hall–Kier alpha value is -2.82. The fourth-order valence-electron chi connectivity index (χ4n) is 3.39. The summed E-state index contributed by atoms with van der Waals surface area (Å²) in [4.78, 5) is 18.3. The summed E-state index contributed by atoms with van der Waals surface area (Å²) in [5.41, 5.74) is 3.25. The number of rotatable bonds is 6. The van der Waals surface area contributed by atoms with Gasteiger partial charge >= 0.3 is 6.03 Å². The Morgan fingerprint density at radius 1 is 1.29 bits per heavy atom. The lowest BCUT2D eigenvalue weighted by molar-refractivity contribution is 0.208. The average molecular weight is 380 g/mol. The molecule has 1 saturated heterocycles. The van der Waals surface area contributed by atoms with Crippen molar-refractivity contribution in [3.63, 3.8) is 0 Å². The first kappa shape index (κ1) is 19.9. The molecule has 1 aromatic heterocycles. The van der Waals surface area contributed by atoms with Crippen molar-refractivity contribution in [1.29, 1.82) is 0 Å². The van der Waals surface area contributed by atoms with Gasteiger partial charge in [-0.2, -0.15) is 0 Å². The lowest BCUT2D eigenvalue weighted by Gasteiger charge is -2.28. The molecule has 1 N–H and O–H groups in total. The molecule has 1 atom stereocenters. The third-order valence-electron chi connectivity index (χ3n) is 4.87. The number of benzene rings is 1. The van der Waals surface area contributed by atoms with Crippen molar-refractivity contribution in [2.24, 2.45) is 0 Å². The van der Waals surface area contributed by atoms with Crippen LogP contribution in [0.3, 0.4) is 0 Å². The SMILES string of the molecule is CCCC(C)Oc1cccc(C=C2CCN(C(=O)Nc3cccnc3)CC2)c1. The van der Waals surface area contributed by atoms with Crippen LogP contribution in [0.1, 0.15) is 45.1 Å². The van der Waals surface area contributed by atoms with Gasteiger partial charge in [0.25, 0.3) is 0 Å². The second kappa shape index (κ2) is 9.93. The van der Waals surface area contributed by atoms with Gasteiger partial charge in [-0.05, 0) is 56.0 Å². The third kappa shape index (κ3) is 5.84. The van der Waals surface area contributed by atoms with Gasteiger partial charge in [-0.15, -0.1) is 0 Å². The van der Waals surface area contributed by atoms with Gasteiger partial charge in [-0.1, -0.05) is 37.1 Å². The molecule has 1 fully saturated rings. The molecule has 0 saturated carbocycles. The summed E-state index contributed by atoms with van der Waals surface area (Å²) in [5, 5.41) is 2.90. The zero-order chi connectivity index (χ0) is 19.8. The van der Waals surface area contributed by atoms with Gasteiger partial charge in [0.1, 0.15) is 5.75 Å². The molecule has 0 radical (unpaired) electrons. The largest absolute Gasteiger partial charge is 0.491 e. The van der Waals surface area contributed by atoms with Crippen LogP contribution in [0.4, 0.5) is 10.5 Å². The van der Waals surface area contributed by atoms with Crippen LogP contribution in [-0.4, -0.2) is 35.1 Å². The first-order valence-corrected chi connectivity index (χ1v) is 10.1. The van der Waals surface area contributed by atoms with Crippen LogP contribution < -0.4 is 10.1 Å². The maximum absolute atomic E-state index is 12.4. The molecule has 2 amide bonds. The number of urea groups is 1. The maximum atomic E-state index is 12.4. The van der Waals surface area contributed by atoms with E-state index < -0.39 is 0 Å². The topological polar surface area (TPSA) is 54.5 Å². The number of carbonyl (C=O) groups is 1. The van der Waals surface area contributed by atoms with E-state index in [1.54, 1.807) is 12.4 Å². The average Bonchev–Trinajstić information content (AvgIpc) is 2.70. The lowest BCUT2D eigenvalue weighted by Crippen LogP contribution is -2.39. The monoisotopic (exact) mass is 379 g/mol. The predicted molar refractivity (Wildman–Crippen MR) is 113 cm³/mol. The Balaban J connectivity index is 1.54. The fourth-order valence-corrected chi connectivity index (χ4v) is 3.39. The number of pyridine rings is 1. The lowest BCUT2D eigenvalue weighted by atomic mass is 10.0. The zero-order valence-corrected chi connectivity index (χ0v) is 16.7. The van der Waals surface area contributed by atoms with Gasteiger partial charge in [0.05, 0.1) is 18.0 Å². The molecule has 1 unspecified atom stereocenters. The van der Waals surface area contributed by atoms with Gasteiger partial charge in [-0.25, -0.2) is 4.79 Å². The van der Waals surface area contributed by atoms with Crippen molar-refractivity contribution >= 4 is 17.8 Å². The van der Waals surface area contributed by atoms with E-state index in [1.165, 1.54) is 5.57 Å². The fraction of sp³-hybridized carbons (Fsp3) is 0.391. The Bertz CT molecular complexity index is 795. The molecule has 2 aromatic rings. The molecule has 1 aromatic carbocycles. The highest BCUT2D eigenvalue weighted by Crippen LogP contribution is 2.23. The maximum Gasteiger partial charge on any atom is 0.321 e. The number of nitrogens with one attached hydrogen (secondary N) is 1. The summed E-state index contributed by atoms with van der Waals surface area (Å²) < 4.78 is 5.99. The number of aromatic nitrogens is 1. The van der Waals surface area contributed by atoms with Crippen LogP contribution in [0, 0.1) is 0 Å². The normalized spacial score (nSPS) is 15.1. The summed E-state index contributed by atoms with van der Waals surface area (Å²) in [7, 11) is 0. The molecule has 28 heavy (non-hydrogen) atoms. The molecule has 0 aliphatic carbocycles. The minimum atomic E-state index is -0.0626. The third-order valence-corrected chi connectivity index (χ3v) is 4.87. The number of carbonyl (C=O) groups excluding carboxylic acids is 1. The Morgan fingerprint density at radius 3 is 2.82 bits per heavy atom. The highest BCUT2D eigenvalue weighted by molar-refractivity contribution is 5.89.